The van der Waals surface area contributed by atoms with Crippen molar-refractivity contribution < 1.29 is 13.2 Å². The minimum Gasteiger partial charge on any atom is -0.491 e. The van der Waals surface area contributed by atoms with E-state index in [1.807, 2.05) is 0 Å². The van der Waals surface area contributed by atoms with Gasteiger partial charge in [0.1, 0.15) is 5.75 Å². The Kier molecular flexibility index (Phi) is 3.01. The van der Waals surface area contributed by atoms with Gasteiger partial charge in [-0.1, -0.05) is 0 Å². The highest BCUT2D eigenvalue weighted by Crippen LogP contribution is 2.36. The third-order valence-corrected chi connectivity index (χ3v) is 4.60. The summed E-state index contributed by atoms with van der Waals surface area (Å²) in [6, 6.07) is 3.30. The number of hydrogen-bond acceptors (Lipinski definition) is 4. The van der Waals surface area contributed by atoms with Crippen LogP contribution in [-0.4, -0.2) is 40.5 Å². The normalized spacial score (nSPS) is 14.6. The largest absolute Gasteiger partial charge is 0.491 e. The maximum Gasteiger partial charge on any atom is 0.242 e. The lowest BCUT2D eigenvalue weighted by Crippen LogP contribution is -2.22. The first kappa shape index (κ1) is 12.2. The predicted octanol–water partition coefficient (Wildman–Crippen LogP) is 0.913. The van der Waals surface area contributed by atoms with E-state index in [9.17, 15) is 8.42 Å². The van der Waals surface area contributed by atoms with Gasteiger partial charge in [-0.05, 0) is 12.1 Å². The zero-order valence-corrected chi connectivity index (χ0v) is 11.0. The van der Waals surface area contributed by atoms with Crippen molar-refractivity contribution in [3.63, 3.8) is 0 Å². The highest BCUT2D eigenvalue weighted by Gasteiger charge is 2.24. The van der Waals surface area contributed by atoms with Gasteiger partial charge in [0, 0.05) is 33.1 Å². The molecule has 1 N–H and O–H groups in total. The molecule has 0 aliphatic carbocycles. The maximum absolute atomic E-state index is 12.1. The second-order valence-electron chi connectivity index (χ2n) is 4.09. The average molecular weight is 256 g/mol. The lowest BCUT2D eigenvalue weighted by molar-refractivity contribution is 0.358. The Labute approximate surface area is 101 Å². The number of nitrogens with one attached hydrogen (secondary N) is 1. The van der Waals surface area contributed by atoms with E-state index in [0.29, 0.717) is 11.5 Å². The van der Waals surface area contributed by atoms with Crippen LogP contribution in [0.15, 0.2) is 17.0 Å². The molecular weight excluding hydrogens is 240 g/mol. The summed E-state index contributed by atoms with van der Waals surface area (Å²) < 4.78 is 30.8. The molecule has 1 heterocycles. The molecule has 0 spiro atoms. The molecule has 0 bridgehead atoms. The van der Waals surface area contributed by atoms with E-state index in [1.165, 1.54) is 18.4 Å². The van der Waals surface area contributed by atoms with Crippen molar-refractivity contribution in [3.8, 4) is 5.75 Å². The second-order valence-corrected chi connectivity index (χ2v) is 6.25. The van der Waals surface area contributed by atoms with Gasteiger partial charge in [-0.15, -0.1) is 0 Å². The molecule has 0 fully saturated rings. The van der Waals surface area contributed by atoms with Crippen molar-refractivity contribution in [2.24, 2.45) is 0 Å². The molecule has 0 saturated heterocycles. The molecule has 94 valence electrons. The fourth-order valence-electron chi connectivity index (χ4n) is 1.82. The van der Waals surface area contributed by atoms with Crippen LogP contribution in [0, 0.1) is 0 Å². The third-order valence-electron chi connectivity index (χ3n) is 2.81. The molecular formula is C11H16N2O3S. The smallest absolute Gasteiger partial charge is 0.242 e. The summed E-state index contributed by atoms with van der Waals surface area (Å²) in [5.41, 5.74) is 1.66. The van der Waals surface area contributed by atoms with Crippen molar-refractivity contribution in [2.75, 3.05) is 33.1 Å². The zero-order chi connectivity index (χ0) is 12.6. The van der Waals surface area contributed by atoms with E-state index in [2.05, 4.69) is 5.32 Å². The number of sulfonamides is 1. The molecule has 1 aliphatic heterocycles. The summed E-state index contributed by atoms with van der Waals surface area (Å²) >= 11 is 0. The Morgan fingerprint density at radius 3 is 2.65 bits per heavy atom. The van der Waals surface area contributed by atoms with Gasteiger partial charge in [-0.2, -0.15) is 0 Å². The first-order valence-electron chi connectivity index (χ1n) is 5.37. The van der Waals surface area contributed by atoms with Crippen LogP contribution in [0.1, 0.15) is 5.56 Å². The molecule has 17 heavy (non-hydrogen) atoms. The standard InChI is InChI=1S/C11H16N2O3S/c1-12-10-7-9(17(14,15)13(2)3)6-8-4-5-16-11(8)10/h6-7,12H,4-5H2,1-3H3. The van der Waals surface area contributed by atoms with E-state index in [1.54, 1.807) is 19.2 Å². The number of nitrogens with zero attached hydrogens (tertiary/aromatic N) is 1. The lowest BCUT2D eigenvalue weighted by Gasteiger charge is -2.14. The zero-order valence-electron chi connectivity index (χ0n) is 10.1. The van der Waals surface area contributed by atoms with E-state index >= 15 is 0 Å². The Morgan fingerprint density at radius 1 is 1.35 bits per heavy atom. The minimum atomic E-state index is -3.39. The van der Waals surface area contributed by atoms with Crippen LogP contribution in [0.3, 0.4) is 0 Å². The van der Waals surface area contributed by atoms with Gasteiger partial charge >= 0.3 is 0 Å². The van der Waals surface area contributed by atoms with Crippen LogP contribution in [0.5, 0.6) is 5.75 Å². The van der Waals surface area contributed by atoms with Crippen LogP contribution >= 0.6 is 0 Å². The second kappa shape index (κ2) is 4.19. The predicted molar refractivity (Wildman–Crippen MR) is 66.1 cm³/mol. The maximum atomic E-state index is 12.1. The fraction of sp³-hybridized carbons (Fsp3) is 0.455. The van der Waals surface area contributed by atoms with Gasteiger partial charge in [-0.25, -0.2) is 12.7 Å². The highest BCUT2D eigenvalue weighted by molar-refractivity contribution is 7.89. The van der Waals surface area contributed by atoms with Crippen molar-refractivity contribution >= 4 is 15.7 Å². The van der Waals surface area contributed by atoms with Gasteiger partial charge in [0.05, 0.1) is 17.2 Å². The quantitative estimate of drug-likeness (QED) is 0.873. The Hall–Kier alpha value is -1.27. The summed E-state index contributed by atoms with van der Waals surface area (Å²) in [4.78, 5) is 0.302. The SMILES string of the molecule is CNc1cc(S(=O)(=O)N(C)C)cc2c1OCC2. The van der Waals surface area contributed by atoms with Crippen LogP contribution in [0.25, 0.3) is 0 Å². The van der Waals surface area contributed by atoms with Crippen molar-refractivity contribution in [1.82, 2.24) is 4.31 Å². The summed E-state index contributed by atoms with van der Waals surface area (Å²) in [7, 11) is 1.41. The van der Waals surface area contributed by atoms with Crippen LogP contribution in [0.4, 0.5) is 5.69 Å². The number of rotatable bonds is 3. The fourth-order valence-corrected chi connectivity index (χ4v) is 2.80. The third kappa shape index (κ3) is 1.98. The van der Waals surface area contributed by atoms with Gasteiger partial charge in [-0.3, -0.25) is 0 Å². The molecule has 0 saturated carbocycles. The molecule has 0 atom stereocenters. The van der Waals surface area contributed by atoms with Gasteiger partial charge < -0.3 is 10.1 Å². The molecule has 6 heteroatoms. The monoisotopic (exact) mass is 256 g/mol. The van der Waals surface area contributed by atoms with Gasteiger partial charge in [0.15, 0.2) is 0 Å². The molecule has 1 aliphatic rings. The molecule has 5 nitrogen and oxygen atoms in total. The summed E-state index contributed by atoms with van der Waals surface area (Å²) in [6.45, 7) is 0.607. The molecule has 0 unspecified atom stereocenters. The molecule has 2 rings (SSSR count). The van der Waals surface area contributed by atoms with Crippen LogP contribution in [-0.2, 0) is 16.4 Å². The van der Waals surface area contributed by atoms with E-state index < -0.39 is 10.0 Å². The van der Waals surface area contributed by atoms with E-state index in [4.69, 9.17) is 4.74 Å². The number of benzene rings is 1. The Balaban J connectivity index is 2.59. The van der Waals surface area contributed by atoms with E-state index in [0.717, 1.165) is 23.4 Å². The number of hydrogen-bond donors (Lipinski definition) is 1. The Morgan fingerprint density at radius 2 is 2.06 bits per heavy atom. The van der Waals surface area contributed by atoms with Crippen molar-refractivity contribution in [1.29, 1.82) is 0 Å². The molecule has 1 aromatic rings. The minimum absolute atomic E-state index is 0.302. The van der Waals surface area contributed by atoms with Crippen molar-refractivity contribution in [2.45, 2.75) is 11.3 Å². The number of fused-ring (bicyclic) bond motifs is 1. The summed E-state index contributed by atoms with van der Waals surface area (Å²) in [5, 5.41) is 2.97. The first-order chi connectivity index (χ1) is 7.96. The number of ether oxygens (including phenoxy) is 1. The topological polar surface area (TPSA) is 58.6 Å². The Bertz CT molecular complexity index is 538. The summed E-state index contributed by atoms with van der Waals surface area (Å²) in [5.74, 6) is 0.769. The molecule has 0 aromatic heterocycles. The summed E-state index contributed by atoms with van der Waals surface area (Å²) in [6.07, 6.45) is 0.751. The van der Waals surface area contributed by atoms with E-state index in [-0.39, 0.29) is 0 Å². The van der Waals surface area contributed by atoms with Gasteiger partial charge in [0.2, 0.25) is 10.0 Å². The number of anilines is 1. The van der Waals surface area contributed by atoms with Gasteiger partial charge in [0.25, 0.3) is 0 Å². The van der Waals surface area contributed by atoms with Crippen LogP contribution < -0.4 is 10.1 Å². The average Bonchev–Trinajstić information content (AvgIpc) is 2.75. The highest BCUT2D eigenvalue weighted by atomic mass is 32.2. The molecule has 0 radical (unpaired) electrons. The first-order valence-corrected chi connectivity index (χ1v) is 6.81. The van der Waals surface area contributed by atoms with Crippen molar-refractivity contribution in [3.05, 3.63) is 17.7 Å². The van der Waals surface area contributed by atoms with Crippen LogP contribution in [0.2, 0.25) is 0 Å². The lowest BCUT2D eigenvalue weighted by atomic mass is 10.1. The molecule has 1 aromatic carbocycles. The molecule has 0 amide bonds.